The molecule has 0 fully saturated rings. The van der Waals surface area contributed by atoms with Crippen LogP contribution < -0.4 is 10.1 Å². The van der Waals surface area contributed by atoms with Gasteiger partial charge in [0, 0.05) is 12.1 Å². The standard InChI is InChI=1S/C18H15N5O/c1-2-7-14(8-3-1)24-15-9-5-4-6-13(15)10-19-17-16-18(21-11-20-16)23-12-22-17/h1-9,11-12H,10H2,(H2,19,20,21,22,23). The Morgan fingerprint density at radius 2 is 1.75 bits per heavy atom. The molecule has 0 saturated carbocycles. The highest BCUT2D eigenvalue weighted by molar-refractivity contribution is 5.81. The van der Waals surface area contributed by atoms with Crippen LogP contribution in [0.4, 0.5) is 5.82 Å². The molecular formula is C18H15N5O. The number of aromatic amines is 1. The maximum Gasteiger partial charge on any atom is 0.182 e. The Bertz CT molecular complexity index is 952. The summed E-state index contributed by atoms with van der Waals surface area (Å²) in [7, 11) is 0. The summed E-state index contributed by atoms with van der Waals surface area (Å²) < 4.78 is 5.98. The van der Waals surface area contributed by atoms with E-state index in [2.05, 4.69) is 25.3 Å². The third-order valence-electron chi connectivity index (χ3n) is 3.61. The second kappa shape index (κ2) is 6.37. The quantitative estimate of drug-likeness (QED) is 0.586. The fraction of sp³-hybridized carbons (Fsp3) is 0.0556. The van der Waals surface area contributed by atoms with Crippen LogP contribution in [-0.4, -0.2) is 19.9 Å². The normalized spacial score (nSPS) is 10.7. The van der Waals surface area contributed by atoms with Crippen molar-refractivity contribution in [2.24, 2.45) is 0 Å². The summed E-state index contributed by atoms with van der Waals surface area (Å²) >= 11 is 0. The van der Waals surface area contributed by atoms with Crippen molar-refractivity contribution in [2.45, 2.75) is 6.54 Å². The van der Waals surface area contributed by atoms with Crippen molar-refractivity contribution in [1.29, 1.82) is 0 Å². The predicted molar refractivity (Wildman–Crippen MR) is 92.0 cm³/mol. The fourth-order valence-electron chi connectivity index (χ4n) is 2.44. The SMILES string of the molecule is c1ccc(Oc2ccccc2CNc2ncnc3nc[nH]c23)cc1. The Balaban J connectivity index is 1.56. The van der Waals surface area contributed by atoms with E-state index in [1.807, 2.05) is 54.6 Å². The van der Waals surface area contributed by atoms with Crippen molar-refractivity contribution < 1.29 is 4.74 Å². The number of ether oxygens (including phenoxy) is 1. The van der Waals surface area contributed by atoms with E-state index in [4.69, 9.17) is 4.74 Å². The summed E-state index contributed by atoms with van der Waals surface area (Å²) in [5.41, 5.74) is 2.47. The van der Waals surface area contributed by atoms with E-state index in [0.29, 0.717) is 18.0 Å². The van der Waals surface area contributed by atoms with Crippen molar-refractivity contribution in [2.75, 3.05) is 5.32 Å². The first-order valence-corrected chi connectivity index (χ1v) is 7.59. The molecule has 2 aromatic carbocycles. The van der Waals surface area contributed by atoms with Crippen LogP contribution in [0.2, 0.25) is 0 Å². The van der Waals surface area contributed by atoms with E-state index in [1.54, 1.807) is 6.33 Å². The number of aromatic nitrogens is 4. The summed E-state index contributed by atoms with van der Waals surface area (Å²) in [4.78, 5) is 15.6. The van der Waals surface area contributed by atoms with Gasteiger partial charge in [-0.3, -0.25) is 0 Å². The summed E-state index contributed by atoms with van der Waals surface area (Å²) in [5.74, 6) is 2.33. The molecule has 0 aliphatic carbocycles. The van der Waals surface area contributed by atoms with Crippen molar-refractivity contribution in [3.05, 3.63) is 72.8 Å². The molecule has 0 atom stereocenters. The molecule has 2 heterocycles. The van der Waals surface area contributed by atoms with Crippen molar-refractivity contribution >= 4 is 17.0 Å². The monoisotopic (exact) mass is 317 g/mol. The van der Waals surface area contributed by atoms with Crippen LogP contribution in [0, 0.1) is 0 Å². The van der Waals surface area contributed by atoms with Gasteiger partial charge >= 0.3 is 0 Å². The minimum atomic E-state index is 0.578. The van der Waals surface area contributed by atoms with Crippen molar-refractivity contribution in [1.82, 2.24) is 19.9 Å². The molecule has 118 valence electrons. The summed E-state index contributed by atoms with van der Waals surface area (Å²) in [5, 5.41) is 3.31. The zero-order valence-corrected chi connectivity index (χ0v) is 12.8. The minimum absolute atomic E-state index is 0.578. The van der Waals surface area contributed by atoms with E-state index < -0.39 is 0 Å². The number of benzene rings is 2. The molecule has 2 aromatic heterocycles. The van der Waals surface area contributed by atoms with Gasteiger partial charge in [0.25, 0.3) is 0 Å². The molecule has 4 aromatic rings. The Morgan fingerprint density at radius 1 is 0.917 bits per heavy atom. The smallest absolute Gasteiger partial charge is 0.182 e. The van der Waals surface area contributed by atoms with E-state index in [9.17, 15) is 0 Å². The Hall–Kier alpha value is -3.41. The van der Waals surface area contributed by atoms with Crippen LogP contribution in [0.25, 0.3) is 11.2 Å². The lowest BCUT2D eigenvalue weighted by Crippen LogP contribution is -2.04. The van der Waals surface area contributed by atoms with Gasteiger partial charge in [0.15, 0.2) is 11.5 Å². The average Bonchev–Trinajstić information content (AvgIpc) is 3.11. The lowest BCUT2D eigenvalue weighted by molar-refractivity contribution is 0.477. The van der Waals surface area contributed by atoms with Gasteiger partial charge < -0.3 is 15.0 Å². The van der Waals surface area contributed by atoms with E-state index in [-0.39, 0.29) is 0 Å². The third kappa shape index (κ3) is 2.89. The van der Waals surface area contributed by atoms with E-state index in [0.717, 1.165) is 22.6 Å². The average molecular weight is 317 g/mol. The highest BCUT2D eigenvalue weighted by Gasteiger charge is 2.08. The third-order valence-corrected chi connectivity index (χ3v) is 3.61. The molecule has 0 spiro atoms. The predicted octanol–water partition coefficient (Wildman–Crippen LogP) is 3.76. The van der Waals surface area contributed by atoms with Crippen LogP contribution >= 0.6 is 0 Å². The van der Waals surface area contributed by atoms with Gasteiger partial charge in [-0.1, -0.05) is 36.4 Å². The lowest BCUT2D eigenvalue weighted by Gasteiger charge is -2.12. The van der Waals surface area contributed by atoms with Crippen LogP contribution in [-0.2, 0) is 6.54 Å². The Morgan fingerprint density at radius 3 is 2.67 bits per heavy atom. The van der Waals surface area contributed by atoms with Gasteiger partial charge in [-0.05, 0) is 18.2 Å². The Labute approximate surface area is 138 Å². The number of para-hydroxylation sites is 2. The molecule has 6 heteroatoms. The van der Waals surface area contributed by atoms with Gasteiger partial charge in [-0.25, -0.2) is 15.0 Å². The molecule has 0 aliphatic heterocycles. The summed E-state index contributed by atoms with van der Waals surface area (Å²) in [6, 6.07) is 17.7. The number of fused-ring (bicyclic) bond motifs is 1. The second-order valence-corrected chi connectivity index (χ2v) is 5.20. The molecule has 0 radical (unpaired) electrons. The first kappa shape index (κ1) is 14.2. The van der Waals surface area contributed by atoms with Crippen LogP contribution in [0.5, 0.6) is 11.5 Å². The number of nitrogens with zero attached hydrogens (tertiary/aromatic N) is 3. The number of nitrogens with one attached hydrogen (secondary N) is 2. The van der Waals surface area contributed by atoms with Crippen molar-refractivity contribution in [3.8, 4) is 11.5 Å². The largest absolute Gasteiger partial charge is 0.457 e. The number of rotatable bonds is 5. The van der Waals surface area contributed by atoms with E-state index >= 15 is 0 Å². The summed E-state index contributed by atoms with van der Waals surface area (Å²) in [6.07, 6.45) is 3.11. The molecule has 0 saturated heterocycles. The zero-order chi connectivity index (χ0) is 16.2. The molecule has 6 nitrogen and oxygen atoms in total. The molecule has 0 aliphatic rings. The van der Waals surface area contributed by atoms with Crippen LogP contribution in [0.3, 0.4) is 0 Å². The topological polar surface area (TPSA) is 75.7 Å². The van der Waals surface area contributed by atoms with Gasteiger partial charge in [0.1, 0.15) is 23.3 Å². The molecule has 0 bridgehead atoms. The second-order valence-electron chi connectivity index (χ2n) is 5.20. The number of imidazole rings is 1. The Kier molecular flexibility index (Phi) is 3.77. The van der Waals surface area contributed by atoms with Gasteiger partial charge in [0.05, 0.1) is 6.33 Å². The minimum Gasteiger partial charge on any atom is -0.457 e. The lowest BCUT2D eigenvalue weighted by atomic mass is 10.2. The maximum atomic E-state index is 5.98. The zero-order valence-electron chi connectivity index (χ0n) is 12.8. The number of hydrogen-bond acceptors (Lipinski definition) is 5. The molecule has 0 amide bonds. The number of anilines is 1. The number of H-pyrrole nitrogens is 1. The highest BCUT2D eigenvalue weighted by atomic mass is 16.5. The first-order valence-electron chi connectivity index (χ1n) is 7.59. The van der Waals surface area contributed by atoms with Crippen LogP contribution in [0.1, 0.15) is 5.56 Å². The first-order chi connectivity index (χ1) is 11.9. The fourth-order valence-corrected chi connectivity index (χ4v) is 2.44. The van der Waals surface area contributed by atoms with Gasteiger partial charge in [0.2, 0.25) is 0 Å². The molecule has 0 unspecified atom stereocenters. The molecular weight excluding hydrogens is 302 g/mol. The van der Waals surface area contributed by atoms with Gasteiger partial charge in [-0.2, -0.15) is 0 Å². The molecule has 2 N–H and O–H groups in total. The van der Waals surface area contributed by atoms with E-state index in [1.165, 1.54) is 6.33 Å². The molecule has 4 rings (SSSR count). The highest BCUT2D eigenvalue weighted by Crippen LogP contribution is 2.26. The summed E-state index contributed by atoms with van der Waals surface area (Å²) in [6.45, 7) is 0.578. The number of hydrogen-bond donors (Lipinski definition) is 2. The van der Waals surface area contributed by atoms with Gasteiger partial charge in [-0.15, -0.1) is 0 Å². The molecule has 24 heavy (non-hydrogen) atoms. The maximum absolute atomic E-state index is 5.98. The van der Waals surface area contributed by atoms with Crippen LogP contribution in [0.15, 0.2) is 67.3 Å². The van der Waals surface area contributed by atoms with Crippen molar-refractivity contribution in [3.63, 3.8) is 0 Å².